The number of pyridine rings is 2. The van der Waals surface area contributed by atoms with Crippen molar-refractivity contribution in [3.63, 3.8) is 0 Å². The zero-order valence-corrected chi connectivity index (χ0v) is 13.8. The average Bonchev–Trinajstić information content (AvgIpc) is 2.56. The Morgan fingerprint density at radius 3 is 2.52 bits per heavy atom. The summed E-state index contributed by atoms with van der Waals surface area (Å²) in [6.07, 6.45) is 3.67. The van der Waals surface area contributed by atoms with Crippen LogP contribution >= 0.6 is 0 Å². The predicted molar refractivity (Wildman–Crippen MR) is 92.7 cm³/mol. The maximum absolute atomic E-state index is 13.0. The monoisotopic (exact) mass is 308 g/mol. The minimum absolute atomic E-state index is 0.0265. The van der Waals surface area contributed by atoms with Gasteiger partial charge in [0.1, 0.15) is 0 Å². The van der Waals surface area contributed by atoms with Crippen molar-refractivity contribution in [2.75, 3.05) is 7.11 Å². The van der Waals surface area contributed by atoms with Crippen molar-refractivity contribution >= 4 is 10.8 Å². The maximum Gasteiger partial charge on any atom is 0.262 e. The molecule has 0 aliphatic rings. The van der Waals surface area contributed by atoms with E-state index in [1.165, 1.54) is 0 Å². The molecule has 0 atom stereocenters. The molecule has 4 nitrogen and oxygen atoms in total. The van der Waals surface area contributed by atoms with Crippen LogP contribution in [0.15, 0.2) is 47.5 Å². The van der Waals surface area contributed by atoms with Crippen LogP contribution in [0.1, 0.15) is 30.9 Å². The SMILES string of the molecule is COc1cc(-n2cc(C(C)C)c3ccccc3c2=O)c(C)cn1. The van der Waals surface area contributed by atoms with E-state index < -0.39 is 0 Å². The fourth-order valence-electron chi connectivity index (χ4n) is 2.82. The third-order valence-corrected chi connectivity index (χ3v) is 4.10. The van der Waals surface area contributed by atoms with E-state index in [2.05, 4.69) is 18.8 Å². The van der Waals surface area contributed by atoms with Crippen molar-refractivity contribution in [2.45, 2.75) is 26.7 Å². The molecule has 2 aromatic heterocycles. The Bertz CT molecular complexity index is 926. The van der Waals surface area contributed by atoms with Gasteiger partial charge in [0.25, 0.3) is 5.56 Å². The molecular formula is C19H20N2O2. The number of aromatic nitrogens is 2. The topological polar surface area (TPSA) is 44.1 Å². The maximum atomic E-state index is 13.0. The Hall–Kier alpha value is -2.62. The molecule has 2 heterocycles. The largest absolute Gasteiger partial charge is 0.481 e. The summed E-state index contributed by atoms with van der Waals surface area (Å²) in [5.41, 5.74) is 2.85. The van der Waals surface area contributed by atoms with Crippen LogP contribution in [-0.2, 0) is 0 Å². The van der Waals surface area contributed by atoms with Crippen molar-refractivity contribution in [2.24, 2.45) is 0 Å². The van der Waals surface area contributed by atoms with Crippen LogP contribution in [-0.4, -0.2) is 16.7 Å². The van der Waals surface area contributed by atoms with Crippen molar-refractivity contribution in [1.82, 2.24) is 9.55 Å². The van der Waals surface area contributed by atoms with E-state index in [0.717, 1.165) is 27.6 Å². The van der Waals surface area contributed by atoms with Crippen molar-refractivity contribution in [1.29, 1.82) is 0 Å². The van der Waals surface area contributed by atoms with Gasteiger partial charge in [0, 0.05) is 23.8 Å². The molecule has 0 saturated carbocycles. The van der Waals surface area contributed by atoms with Crippen LogP contribution in [0.25, 0.3) is 16.5 Å². The molecule has 23 heavy (non-hydrogen) atoms. The number of rotatable bonds is 3. The van der Waals surface area contributed by atoms with E-state index in [-0.39, 0.29) is 5.56 Å². The first-order valence-corrected chi connectivity index (χ1v) is 7.68. The molecule has 3 rings (SSSR count). The van der Waals surface area contributed by atoms with Gasteiger partial charge in [0.2, 0.25) is 5.88 Å². The second-order valence-corrected chi connectivity index (χ2v) is 5.97. The summed E-state index contributed by atoms with van der Waals surface area (Å²) in [6, 6.07) is 9.57. The molecule has 0 N–H and O–H groups in total. The number of hydrogen-bond donors (Lipinski definition) is 0. The zero-order chi connectivity index (χ0) is 16.6. The van der Waals surface area contributed by atoms with Crippen LogP contribution in [0, 0.1) is 6.92 Å². The fourth-order valence-corrected chi connectivity index (χ4v) is 2.82. The molecule has 118 valence electrons. The molecule has 0 radical (unpaired) electrons. The molecule has 0 fully saturated rings. The lowest BCUT2D eigenvalue weighted by molar-refractivity contribution is 0.397. The third-order valence-electron chi connectivity index (χ3n) is 4.10. The van der Waals surface area contributed by atoms with E-state index in [4.69, 9.17) is 4.74 Å². The first-order chi connectivity index (χ1) is 11.0. The molecule has 3 aromatic rings. The lowest BCUT2D eigenvalue weighted by atomic mass is 9.98. The van der Waals surface area contributed by atoms with Gasteiger partial charge in [-0.15, -0.1) is 0 Å². The van der Waals surface area contributed by atoms with Crippen LogP contribution in [0.3, 0.4) is 0 Å². The quantitative estimate of drug-likeness (QED) is 0.738. The Balaban J connectivity index is 2.39. The Labute approximate surface area is 135 Å². The average molecular weight is 308 g/mol. The molecule has 0 bridgehead atoms. The molecule has 0 aliphatic carbocycles. The molecule has 0 saturated heterocycles. The number of aryl methyl sites for hydroxylation is 1. The predicted octanol–water partition coefficient (Wildman–Crippen LogP) is 3.83. The van der Waals surface area contributed by atoms with Gasteiger partial charge in [0.15, 0.2) is 0 Å². The van der Waals surface area contributed by atoms with E-state index in [1.54, 1.807) is 23.9 Å². The first-order valence-electron chi connectivity index (χ1n) is 7.68. The van der Waals surface area contributed by atoms with E-state index in [0.29, 0.717) is 11.8 Å². The van der Waals surface area contributed by atoms with Gasteiger partial charge in [-0.05, 0) is 35.4 Å². The summed E-state index contributed by atoms with van der Waals surface area (Å²) in [5.74, 6) is 0.813. The van der Waals surface area contributed by atoms with Crippen LogP contribution in [0.2, 0.25) is 0 Å². The molecular weight excluding hydrogens is 288 g/mol. The summed E-state index contributed by atoms with van der Waals surface area (Å²) in [6.45, 7) is 6.21. The highest BCUT2D eigenvalue weighted by Gasteiger charge is 2.14. The van der Waals surface area contributed by atoms with Crippen molar-refractivity contribution in [3.8, 4) is 11.6 Å². The normalized spacial score (nSPS) is 11.2. The lowest BCUT2D eigenvalue weighted by Gasteiger charge is -2.16. The number of methoxy groups -OCH3 is 1. The second kappa shape index (κ2) is 5.88. The number of benzene rings is 1. The minimum Gasteiger partial charge on any atom is -0.481 e. The number of fused-ring (bicyclic) bond motifs is 1. The minimum atomic E-state index is -0.0265. The van der Waals surface area contributed by atoms with E-state index >= 15 is 0 Å². The van der Waals surface area contributed by atoms with Gasteiger partial charge >= 0.3 is 0 Å². The second-order valence-electron chi connectivity index (χ2n) is 5.97. The summed E-state index contributed by atoms with van der Waals surface area (Å²) < 4.78 is 6.92. The Kier molecular flexibility index (Phi) is 3.90. The van der Waals surface area contributed by atoms with Crippen LogP contribution in [0.4, 0.5) is 0 Å². The molecule has 0 unspecified atom stereocenters. The van der Waals surface area contributed by atoms with Gasteiger partial charge in [-0.1, -0.05) is 32.0 Å². The van der Waals surface area contributed by atoms with Crippen LogP contribution in [0.5, 0.6) is 5.88 Å². The highest BCUT2D eigenvalue weighted by Crippen LogP contribution is 2.25. The smallest absolute Gasteiger partial charge is 0.262 e. The molecule has 4 heteroatoms. The third kappa shape index (κ3) is 2.61. The molecule has 1 aromatic carbocycles. The van der Waals surface area contributed by atoms with E-state index in [9.17, 15) is 4.79 Å². The van der Waals surface area contributed by atoms with Crippen LogP contribution < -0.4 is 10.3 Å². The van der Waals surface area contributed by atoms with Crippen molar-refractivity contribution in [3.05, 3.63) is 64.2 Å². The Morgan fingerprint density at radius 2 is 1.87 bits per heavy atom. The highest BCUT2D eigenvalue weighted by atomic mass is 16.5. The summed E-state index contributed by atoms with van der Waals surface area (Å²) in [7, 11) is 1.57. The molecule has 0 amide bonds. The van der Waals surface area contributed by atoms with Gasteiger partial charge in [-0.3, -0.25) is 9.36 Å². The summed E-state index contributed by atoms with van der Waals surface area (Å²) >= 11 is 0. The standard InChI is InChI=1S/C19H20N2O2/c1-12(2)16-11-21(17-9-18(23-4)20-10-13(17)3)19(22)15-8-6-5-7-14(15)16/h5-12H,1-4H3. The number of nitrogens with zero attached hydrogens (tertiary/aromatic N) is 2. The Morgan fingerprint density at radius 1 is 1.17 bits per heavy atom. The highest BCUT2D eigenvalue weighted by molar-refractivity contribution is 5.85. The van der Waals surface area contributed by atoms with Gasteiger partial charge in [-0.25, -0.2) is 4.98 Å². The summed E-state index contributed by atoms with van der Waals surface area (Å²) in [4.78, 5) is 17.2. The fraction of sp³-hybridized carbons (Fsp3) is 0.263. The molecule has 0 aliphatic heterocycles. The first kappa shape index (κ1) is 15.3. The lowest BCUT2D eigenvalue weighted by Crippen LogP contribution is -2.20. The zero-order valence-electron chi connectivity index (χ0n) is 13.8. The van der Waals surface area contributed by atoms with Crippen molar-refractivity contribution < 1.29 is 4.74 Å². The summed E-state index contributed by atoms with van der Waals surface area (Å²) in [5, 5.41) is 1.75. The van der Waals surface area contributed by atoms with Gasteiger partial charge in [-0.2, -0.15) is 0 Å². The number of ether oxygens (including phenoxy) is 1. The van der Waals surface area contributed by atoms with Gasteiger partial charge < -0.3 is 4.74 Å². The van der Waals surface area contributed by atoms with Gasteiger partial charge in [0.05, 0.1) is 12.8 Å². The number of hydrogen-bond acceptors (Lipinski definition) is 3. The van der Waals surface area contributed by atoms with E-state index in [1.807, 2.05) is 37.4 Å². The molecule has 0 spiro atoms.